The third kappa shape index (κ3) is 20.8. The zero-order chi connectivity index (χ0) is 63.2. The van der Waals surface area contributed by atoms with Crippen molar-refractivity contribution in [1.29, 1.82) is 0 Å². The molecule has 2 amide bonds. The minimum atomic E-state index is -0.348. The van der Waals surface area contributed by atoms with Gasteiger partial charge in [-0.25, -0.2) is 4.79 Å². The summed E-state index contributed by atoms with van der Waals surface area (Å²) in [6.45, 7) is 10.1. The van der Waals surface area contributed by atoms with Gasteiger partial charge < -0.3 is 53.8 Å². The number of fused-ring (bicyclic) bond motifs is 3. The van der Waals surface area contributed by atoms with Crippen molar-refractivity contribution in [3.63, 3.8) is 0 Å². The Bertz CT molecular complexity index is 4080. The molecule has 0 saturated heterocycles. The van der Waals surface area contributed by atoms with Crippen molar-refractivity contribution < 1.29 is 25.3 Å². The lowest BCUT2D eigenvalue weighted by Crippen LogP contribution is -2.31. The van der Waals surface area contributed by atoms with Crippen LogP contribution in [0.2, 0.25) is 0 Å². The summed E-state index contributed by atoms with van der Waals surface area (Å²) in [5.74, 6) is -0.555. The fourth-order valence-electron chi connectivity index (χ4n) is 9.03. The molecule has 89 heavy (non-hydrogen) atoms. The Morgan fingerprint density at radius 1 is 0.438 bits per heavy atom. The first-order valence-electron chi connectivity index (χ1n) is 29.1. The Labute approximate surface area is 521 Å². The minimum absolute atomic E-state index is 0. The van der Waals surface area contributed by atoms with Crippen LogP contribution in [0, 0.1) is 20.8 Å². The molecule has 0 spiro atoms. The number of benzene rings is 8. The number of esters is 1. The summed E-state index contributed by atoms with van der Waals surface area (Å²) >= 11 is 0. The summed E-state index contributed by atoms with van der Waals surface area (Å²) in [7, 11) is 1.38. The van der Waals surface area contributed by atoms with Gasteiger partial charge in [0.1, 0.15) is 6.29 Å². The summed E-state index contributed by atoms with van der Waals surface area (Å²) in [5.41, 5.74) is 30.0. The SMILES string of the molecule is COC(=O)c1cccc(Nc2cc(C)nc3ccccc23)c1.Cc1cc(Nc2cccc(C(=O)NCCN)c2)c2ccccc2n1.Cc1cc(Nc2cccc(C(=O)NCCNCc3ccccc3)c2)c2ccccc2n1.NCCN.O=Cc1ccccc1.[2HH]. The van der Waals surface area contributed by atoms with Gasteiger partial charge in [0, 0.05) is 131 Å². The fourth-order valence-corrected chi connectivity index (χ4v) is 9.03. The van der Waals surface area contributed by atoms with Gasteiger partial charge in [-0.1, -0.05) is 133 Å². The monoisotopic (exact) mass is 1190 g/mol. The number of nitrogens with zero attached hydrogens (tertiary/aromatic N) is 3. The standard InChI is InChI=1S/C26H26N4O.C19H20N4O.C18H16N2O2.C7H6O.C2H8N2.H2/c1-19-16-25(23-12-5-6-13-24(23)29-19)30-22-11-7-10-21(17-22)26(31)28-15-14-27-18-20-8-3-2-4-9-20;1-13-11-18(16-7-2-3-8-17(16)22-13)23-15-6-4-5-14(12-15)19(24)21-10-9-20;1-12-10-17(15-8-3-4-9-16(15)19-12)20-14-7-5-6-13(11-14)18(21)22-2;8-6-7-4-2-1-3-5-7;3-1-2-4;/h2-13,16-17,27H,14-15,18H2,1H3,(H,28,31)(H,29,30);2-8,11-12H,9-10,20H2,1H3,(H,21,24)(H,22,23);3-11H,1-2H3,(H,19,20);1-6H;1-4H2;1H/i;;;;;1+1. The molecule has 456 valence electrons. The molecular formula is C72H78N12O5. The maximum atomic E-state index is 12.6. The Kier molecular flexibility index (Phi) is 25.9. The highest BCUT2D eigenvalue weighted by atomic mass is 16.5. The highest BCUT2D eigenvalue weighted by Crippen LogP contribution is 2.30. The number of pyridine rings is 3. The number of rotatable bonds is 18. The zero-order valence-electron chi connectivity index (χ0n) is 50.5. The summed E-state index contributed by atoms with van der Waals surface area (Å²) < 4.78 is 4.75. The number of methoxy groups -OCH3 is 1. The molecule has 11 aromatic rings. The van der Waals surface area contributed by atoms with Crippen molar-refractivity contribution in [2.24, 2.45) is 17.2 Å². The highest BCUT2D eigenvalue weighted by molar-refractivity contribution is 5.99. The van der Waals surface area contributed by atoms with E-state index in [2.05, 4.69) is 59.0 Å². The van der Waals surface area contributed by atoms with Crippen LogP contribution in [-0.2, 0) is 11.3 Å². The predicted octanol–water partition coefficient (Wildman–Crippen LogP) is 12.5. The molecule has 11 rings (SSSR count). The van der Waals surface area contributed by atoms with Gasteiger partial charge in [-0.15, -0.1) is 0 Å². The predicted molar refractivity (Wildman–Crippen MR) is 364 cm³/mol. The number of nitrogens with one attached hydrogen (secondary N) is 6. The number of para-hydroxylation sites is 3. The number of ether oxygens (including phenoxy) is 1. The van der Waals surface area contributed by atoms with Gasteiger partial charge >= 0.3 is 5.97 Å². The lowest BCUT2D eigenvalue weighted by molar-refractivity contribution is 0.0600. The first-order valence-corrected chi connectivity index (χ1v) is 29.1. The molecule has 0 saturated carbocycles. The first-order chi connectivity index (χ1) is 43.4. The van der Waals surface area contributed by atoms with E-state index in [4.69, 9.17) is 21.9 Å². The van der Waals surface area contributed by atoms with Gasteiger partial charge in [0.2, 0.25) is 0 Å². The Morgan fingerprint density at radius 2 is 0.820 bits per heavy atom. The smallest absolute Gasteiger partial charge is 0.337 e. The molecule has 3 heterocycles. The number of aromatic nitrogens is 3. The molecule has 0 unspecified atom stereocenters. The summed E-state index contributed by atoms with van der Waals surface area (Å²) in [4.78, 5) is 59.9. The number of hydrogen-bond acceptors (Lipinski definition) is 15. The summed E-state index contributed by atoms with van der Waals surface area (Å²) in [5, 5.41) is 22.4. The van der Waals surface area contributed by atoms with E-state index in [1.165, 1.54) is 12.7 Å². The van der Waals surface area contributed by atoms with Gasteiger partial charge in [-0.2, -0.15) is 0 Å². The van der Waals surface area contributed by atoms with Crippen LogP contribution in [0.4, 0.5) is 34.1 Å². The van der Waals surface area contributed by atoms with E-state index in [9.17, 15) is 19.2 Å². The molecule has 0 bridgehead atoms. The summed E-state index contributed by atoms with van der Waals surface area (Å²) in [6.07, 6.45) is 0.833. The molecule has 0 aliphatic carbocycles. The molecule has 0 atom stereocenters. The molecule has 17 heteroatoms. The molecule has 12 N–H and O–H groups in total. The van der Waals surface area contributed by atoms with Crippen molar-refractivity contribution in [1.82, 2.24) is 30.9 Å². The van der Waals surface area contributed by atoms with Crippen LogP contribution in [0.1, 0.15) is 65.5 Å². The van der Waals surface area contributed by atoms with Crippen LogP contribution < -0.4 is 49.1 Å². The zero-order valence-corrected chi connectivity index (χ0v) is 50.5. The lowest BCUT2D eigenvalue weighted by atomic mass is 10.1. The Morgan fingerprint density at radius 3 is 1.21 bits per heavy atom. The maximum Gasteiger partial charge on any atom is 0.337 e. The topological polar surface area (TPSA) is 266 Å². The van der Waals surface area contributed by atoms with Crippen molar-refractivity contribution in [3.8, 4) is 0 Å². The number of nitrogens with two attached hydrogens (primary N) is 3. The van der Waals surface area contributed by atoms with E-state index in [0.29, 0.717) is 56.0 Å². The van der Waals surface area contributed by atoms with E-state index in [1.54, 1.807) is 30.3 Å². The third-order valence-corrected chi connectivity index (χ3v) is 13.2. The minimum Gasteiger partial charge on any atom is -0.465 e. The van der Waals surface area contributed by atoms with Gasteiger partial charge in [-0.3, -0.25) is 29.3 Å². The van der Waals surface area contributed by atoms with E-state index in [-0.39, 0.29) is 19.2 Å². The fraction of sp³-hybridized carbons (Fsp3) is 0.153. The molecular weight excluding hydrogens is 1110 g/mol. The lowest BCUT2D eigenvalue weighted by Gasteiger charge is -2.12. The Hall–Kier alpha value is -10.7. The molecule has 17 nitrogen and oxygen atoms in total. The van der Waals surface area contributed by atoms with Crippen LogP contribution in [0.5, 0.6) is 0 Å². The number of carbonyl (C=O) groups excluding carboxylic acids is 4. The normalized spacial score (nSPS) is 10.3. The first kappa shape index (κ1) is 65.8. The number of aldehydes is 1. The number of anilines is 6. The van der Waals surface area contributed by atoms with Crippen LogP contribution in [-0.4, -0.2) is 85.4 Å². The quantitative estimate of drug-likeness (QED) is 0.0220. The number of carbonyl (C=O) groups is 4. The van der Waals surface area contributed by atoms with Crippen LogP contribution in [0.25, 0.3) is 32.7 Å². The number of hydrogen-bond donors (Lipinski definition) is 9. The van der Waals surface area contributed by atoms with Crippen LogP contribution in [0.15, 0.2) is 224 Å². The van der Waals surface area contributed by atoms with E-state index >= 15 is 0 Å². The molecule has 8 aromatic carbocycles. The third-order valence-electron chi connectivity index (χ3n) is 13.2. The Balaban J connectivity index is 0.000000198. The second-order valence-corrected chi connectivity index (χ2v) is 20.2. The molecule has 0 fully saturated rings. The average Bonchev–Trinajstić information content (AvgIpc) is 1.78. The number of amides is 2. The van der Waals surface area contributed by atoms with Crippen molar-refractivity contribution in [2.45, 2.75) is 27.3 Å². The van der Waals surface area contributed by atoms with Gasteiger partial charge in [0.25, 0.3) is 11.8 Å². The number of aryl methyl sites for hydroxylation is 3. The van der Waals surface area contributed by atoms with Crippen molar-refractivity contribution >= 4 is 90.9 Å². The van der Waals surface area contributed by atoms with E-state index in [0.717, 1.165) is 102 Å². The van der Waals surface area contributed by atoms with Gasteiger partial charge in [-0.05, 0) is 117 Å². The van der Waals surface area contributed by atoms with Crippen LogP contribution in [0.3, 0.4) is 0 Å². The highest BCUT2D eigenvalue weighted by Gasteiger charge is 2.12. The second kappa shape index (κ2) is 35.1. The van der Waals surface area contributed by atoms with Crippen molar-refractivity contribution in [3.05, 3.63) is 269 Å². The molecule has 0 radical (unpaired) electrons. The van der Waals surface area contributed by atoms with Crippen LogP contribution >= 0.6 is 0 Å². The molecule has 0 aliphatic heterocycles. The molecule has 3 aromatic heterocycles. The van der Waals surface area contributed by atoms with E-state index in [1.807, 2.05) is 203 Å². The van der Waals surface area contributed by atoms with Gasteiger partial charge in [0.05, 0.1) is 29.2 Å². The van der Waals surface area contributed by atoms with Gasteiger partial charge in [0.15, 0.2) is 0 Å². The largest absolute Gasteiger partial charge is 0.465 e. The maximum absolute atomic E-state index is 12.6. The average molecular weight is 1190 g/mol. The second-order valence-electron chi connectivity index (χ2n) is 20.2. The molecule has 0 aliphatic rings. The summed E-state index contributed by atoms with van der Waals surface area (Å²) in [6, 6.07) is 71.5. The van der Waals surface area contributed by atoms with Crippen molar-refractivity contribution in [2.75, 3.05) is 62.3 Å². The van der Waals surface area contributed by atoms with E-state index < -0.39 is 0 Å².